The molecular weight excluding hydrogens is 407 g/mol. The van der Waals surface area contributed by atoms with Crippen LogP contribution in [-0.4, -0.2) is 32.8 Å². The summed E-state index contributed by atoms with van der Waals surface area (Å²) in [4.78, 5) is 14.8. The van der Waals surface area contributed by atoms with Crippen molar-refractivity contribution in [2.24, 2.45) is 7.05 Å². The molecule has 3 rings (SSSR count). The lowest BCUT2D eigenvalue weighted by molar-refractivity contribution is 0.185. The first-order chi connectivity index (χ1) is 15.2. The molecule has 0 fully saturated rings. The highest BCUT2D eigenvalue weighted by molar-refractivity contribution is 5.76. The molecule has 0 unspecified atom stereocenters. The van der Waals surface area contributed by atoms with Crippen molar-refractivity contribution in [1.29, 1.82) is 0 Å². The van der Waals surface area contributed by atoms with E-state index < -0.39 is 5.82 Å². The molecule has 7 heteroatoms. The fourth-order valence-corrected chi connectivity index (χ4v) is 3.40. The molecule has 0 saturated heterocycles. The quantitative estimate of drug-likeness (QED) is 0.512. The Hall–Kier alpha value is -3.35. The largest absolute Gasteiger partial charge is 0.436 e. The first-order valence-electron chi connectivity index (χ1n) is 10.8. The molecule has 6 nitrogen and oxygen atoms in total. The summed E-state index contributed by atoms with van der Waals surface area (Å²) in [7, 11) is 1.76. The average Bonchev–Trinajstić information content (AvgIpc) is 3.04. The molecule has 1 heterocycles. The zero-order chi connectivity index (χ0) is 23.3. The number of ether oxygens (including phenoxy) is 1. The maximum absolute atomic E-state index is 14.3. The second-order valence-corrected chi connectivity index (χ2v) is 8.76. The Labute approximate surface area is 189 Å². The first-order valence-corrected chi connectivity index (χ1v) is 10.8. The number of carbonyl (C=O) groups excluding carboxylic acids is 1. The Morgan fingerprint density at radius 3 is 2.41 bits per heavy atom. The molecular formula is C25H31FN4O2. The maximum Gasteiger partial charge on any atom is 0.318 e. The highest BCUT2D eigenvalue weighted by Gasteiger charge is 2.26. The van der Waals surface area contributed by atoms with Gasteiger partial charge in [0.1, 0.15) is 5.69 Å². The van der Waals surface area contributed by atoms with E-state index in [0.717, 1.165) is 17.5 Å². The van der Waals surface area contributed by atoms with Gasteiger partial charge in [-0.3, -0.25) is 0 Å². The first kappa shape index (κ1) is 23.3. The van der Waals surface area contributed by atoms with Crippen LogP contribution in [0.4, 0.5) is 9.18 Å². The Balaban J connectivity index is 2.06. The second kappa shape index (κ2) is 9.85. The number of aromatic nitrogens is 2. The van der Waals surface area contributed by atoms with Crippen LogP contribution >= 0.6 is 0 Å². The zero-order valence-corrected chi connectivity index (χ0v) is 19.4. The van der Waals surface area contributed by atoms with Crippen molar-refractivity contribution in [2.75, 3.05) is 6.54 Å². The van der Waals surface area contributed by atoms with E-state index in [1.54, 1.807) is 34.8 Å². The lowest BCUT2D eigenvalue weighted by Crippen LogP contribution is -2.48. The van der Waals surface area contributed by atoms with Crippen molar-refractivity contribution < 1.29 is 13.9 Å². The third-order valence-electron chi connectivity index (χ3n) is 4.79. The van der Waals surface area contributed by atoms with Gasteiger partial charge in [0.15, 0.2) is 11.6 Å². The van der Waals surface area contributed by atoms with Crippen LogP contribution in [0.5, 0.6) is 11.6 Å². The van der Waals surface area contributed by atoms with Crippen molar-refractivity contribution in [3.63, 3.8) is 0 Å². The number of amides is 2. The zero-order valence-electron chi connectivity index (χ0n) is 19.4. The number of nitrogens with one attached hydrogen (secondary N) is 1. The minimum atomic E-state index is -0.461. The summed E-state index contributed by atoms with van der Waals surface area (Å²) in [5.41, 5.74) is 1.95. The number of urea groups is 1. The molecule has 0 saturated carbocycles. The third kappa shape index (κ3) is 5.66. The standard InChI is InChI=1S/C25H31FN4O2/c1-6-16-30(24(31)27-25(2,3)4)17-19-22(18-12-8-7-9-13-18)28-29(5)23(19)32-21-15-11-10-14-20(21)26/h7-15H,6,16-17H2,1-5H3,(H,27,31). The third-order valence-corrected chi connectivity index (χ3v) is 4.79. The van der Waals surface area contributed by atoms with E-state index >= 15 is 0 Å². The van der Waals surface area contributed by atoms with Crippen LogP contribution in [0.2, 0.25) is 0 Å². The van der Waals surface area contributed by atoms with Gasteiger partial charge >= 0.3 is 6.03 Å². The van der Waals surface area contributed by atoms with E-state index in [1.165, 1.54) is 6.07 Å². The summed E-state index contributed by atoms with van der Waals surface area (Å²) in [6.07, 6.45) is 0.794. The fourth-order valence-electron chi connectivity index (χ4n) is 3.40. The van der Waals surface area contributed by atoms with Crippen LogP contribution < -0.4 is 10.1 Å². The van der Waals surface area contributed by atoms with Gasteiger partial charge in [-0.1, -0.05) is 49.4 Å². The SMILES string of the molecule is CCCN(Cc1c(-c2ccccc2)nn(C)c1Oc1ccccc1F)C(=O)NC(C)(C)C. The van der Waals surface area contributed by atoms with Crippen LogP contribution in [0.1, 0.15) is 39.7 Å². The summed E-state index contributed by atoms with van der Waals surface area (Å²) in [5, 5.41) is 7.69. The van der Waals surface area contributed by atoms with Gasteiger partial charge < -0.3 is 15.0 Å². The molecule has 1 N–H and O–H groups in total. The maximum atomic E-state index is 14.3. The number of rotatable bonds is 7. The minimum Gasteiger partial charge on any atom is -0.436 e. The lowest BCUT2D eigenvalue weighted by atomic mass is 10.1. The summed E-state index contributed by atoms with van der Waals surface area (Å²) < 4.78 is 21.9. The van der Waals surface area contributed by atoms with Crippen molar-refractivity contribution in [2.45, 2.75) is 46.2 Å². The van der Waals surface area contributed by atoms with Gasteiger partial charge in [-0.05, 0) is 39.3 Å². The summed E-state index contributed by atoms with van der Waals surface area (Å²) in [6, 6.07) is 15.8. The predicted molar refractivity (Wildman–Crippen MR) is 124 cm³/mol. The van der Waals surface area contributed by atoms with Crippen molar-refractivity contribution in [3.8, 4) is 22.9 Å². The molecule has 0 radical (unpaired) electrons. The Morgan fingerprint density at radius 2 is 1.78 bits per heavy atom. The normalized spacial score (nSPS) is 11.3. The molecule has 170 valence electrons. The highest BCUT2D eigenvalue weighted by Crippen LogP contribution is 2.35. The van der Waals surface area contributed by atoms with Crippen LogP contribution in [0, 0.1) is 5.82 Å². The lowest BCUT2D eigenvalue weighted by Gasteiger charge is -2.28. The van der Waals surface area contributed by atoms with Gasteiger partial charge in [0.25, 0.3) is 0 Å². The molecule has 2 aromatic carbocycles. The summed E-state index contributed by atoms with van der Waals surface area (Å²) >= 11 is 0. The predicted octanol–water partition coefficient (Wildman–Crippen LogP) is 5.74. The fraction of sp³-hybridized carbons (Fsp3) is 0.360. The molecule has 2 amide bonds. The van der Waals surface area contributed by atoms with E-state index in [2.05, 4.69) is 10.4 Å². The molecule has 1 aromatic heterocycles. The van der Waals surface area contributed by atoms with Gasteiger partial charge in [-0.25, -0.2) is 13.9 Å². The Bertz CT molecular complexity index is 1060. The van der Waals surface area contributed by atoms with Crippen LogP contribution in [0.25, 0.3) is 11.3 Å². The van der Waals surface area contributed by atoms with Gasteiger partial charge in [0.05, 0.1) is 12.1 Å². The van der Waals surface area contributed by atoms with E-state index in [-0.39, 0.29) is 23.9 Å². The summed E-state index contributed by atoms with van der Waals surface area (Å²) in [6.45, 7) is 8.70. The van der Waals surface area contributed by atoms with Gasteiger partial charge in [0, 0.05) is 24.7 Å². The number of carbonyl (C=O) groups is 1. The van der Waals surface area contributed by atoms with E-state index in [1.807, 2.05) is 58.0 Å². The van der Waals surface area contributed by atoms with E-state index in [0.29, 0.717) is 18.1 Å². The number of hydrogen-bond donors (Lipinski definition) is 1. The molecule has 0 atom stereocenters. The van der Waals surface area contributed by atoms with Gasteiger partial charge in [-0.2, -0.15) is 5.10 Å². The van der Waals surface area contributed by atoms with Gasteiger partial charge in [-0.15, -0.1) is 0 Å². The molecule has 0 aliphatic rings. The van der Waals surface area contributed by atoms with Crippen molar-refractivity contribution in [1.82, 2.24) is 20.0 Å². The van der Waals surface area contributed by atoms with Crippen LogP contribution in [0.15, 0.2) is 54.6 Å². The Kier molecular flexibility index (Phi) is 7.18. The molecule has 0 aliphatic carbocycles. The molecule has 0 bridgehead atoms. The monoisotopic (exact) mass is 438 g/mol. The second-order valence-electron chi connectivity index (χ2n) is 8.76. The average molecular weight is 439 g/mol. The van der Waals surface area contributed by atoms with Crippen molar-refractivity contribution >= 4 is 6.03 Å². The number of para-hydroxylation sites is 1. The molecule has 3 aromatic rings. The van der Waals surface area contributed by atoms with Crippen LogP contribution in [0.3, 0.4) is 0 Å². The number of hydrogen-bond acceptors (Lipinski definition) is 3. The summed E-state index contributed by atoms with van der Waals surface area (Å²) in [5.74, 6) is 0.0490. The molecule has 0 aliphatic heterocycles. The molecule has 32 heavy (non-hydrogen) atoms. The minimum absolute atomic E-state index is 0.109. The Morgan fingerprint density at radius 1 is 1.12 bits per heavy atom. The number of nitrogens with zero attached hydrogens (tertiary/aromatic N) is 3. The van der Waals surface area contributed by atoms with Crippen molar-refractivity contribution in [3.05, 3.63) is 66.0 Å². The van der Waals surface area contributed by atoms with E-state index in [9.17, 15) is 9.18 Å². The van der Waals surface area contributed by atoms with Gasteiger partial charge in [0.2, 0.25) is 5.88 Å². The van der Waals surface area contributed by atoms with Crippen LogP contribution in [-0.2, 0) is 13.6 Å². The topological polar surface area (TPSA) is 59.4 Å². The number of aryl methyl sites for hydroxylation is 1. The van der Waals surface area contributed by atoms with E-state index in [4.69, 9.17) is 4.74 Å². The number of halogens is 1. The number of benzene rings is 2. The molecule has 0 spiro atoms. The highest BCUT2D eigenvalue weighted by atomic mass is 19.1. The smallest absolute Gasteiger partial charge is 0.318 e.